The number of rotatable bonds is 1. The lowest BCUT2D eigenvalue weighted by Gasteiger charge is -2.23. The van der Waals surface area contributed by atoms with Crippen LogP contribution in [-0.4, -0.2) is 42.6 Å². The van der Waals surface area contributed by atoms with Gasteiger partial charge in [-0.1, -0.05) is 0 Å². The molecule has 3 aliphatic heterocycles. The van der Waals surface area contributed by atoms with Crippen LogP contribution in [0.5, 0.6) is 0 Å². The van der Waals surface area contributed by atoms with Crippen LogP contribution >= 0.6 is 12.6 Å². The predicted molar refractivity (Wildman–Crippen MR) is 50.3 cm³/mol. The van der Waals surface area contributed by atoms with Crippen LogP contribution in [-0.2, 0) is 23.8 Å². The Labute approximate surface area is 91.5 Å². The smallest absolute Gasteiger partial charge is 0.313 e. The summed E-state index contributed by atoms with van der Waals surface area (Å²) in [5.41, 5.74) is 0. The fourth-order valence-corrected chi connectivity index (χ4v) is 3.25. The van der Waals surface area contributed by atoms with E-state index in [2.05, 4.69) is 17.4 Å². The maximum atomic E-state index is 11.5. The summed E-state index contributed by atoms with van der Waals surface area (Å²) in [6.07, 6.45) is -0.960. The highest BCUT2D eigenvalue weighted by molar-refractivity contribution is 7.81. The van der Waals surface area contributed by atoms with E-state index in [0.717, 1.165) is 0 Å². The first kappa shape index (κ1) is 9.47. The average Bonchev–Trinajstić information content (AvgIpc) is 2.80. The molecular weight excluding hydrogens is 220 g/mol. The van der Waals surface area contributed by atoms with Crippen LogP contribution in [0.25, 0.3) is 0 Å². The maximum Gasteiger partial charge on any atom is 0.313 e. The zero-order valence-corrected chi connectivity index (χ0v) is 8.85. The number of esters is 2. The highest BCUT2D eigenvalue weighted by Gasteiger charge is 2.69. The van der Waals surface area contributed by atoms with Crippen LogP contribution in [0.4, 0.5) is 0 Å². The lowest BCUT2D eigenvalue weighted by Crippen LogP contribution is -2.43. The zero-order valence-electron chi connectivity index (χ0n) is 7.95. The standard InChI is InChI=1S/C9H10O5S/c1-12-8(10)3-2-4-6(14-9(2)11)7(15)5(3)13-4/h2-7,15H,1H3. The minimum Gasteiger partial charge on any atom is -0.469 e. The monoisotopic (exact) mass is 230 g/mol. The second-order valence-electron chi connectivity index (χ2n) is 4.03. The van der Waals surface area contributed by atoms with Crippen LogP contribution in [0, 0.1) is 11.8 Å². The van der Waals surface area contributed by atoms with Crippen LogP contribution in [0.15, 0.2) is 0 Å². The molecule has 15 heavy (non-hydrogen) atoms. The van der Waals surface area contributed by atoms with Gasteiger partial charge in [0.05, 0.1) is 18.5 Å². The minimum absolute atomic E-state index is 0.221. The fourth-order valence-electron chi connectivity index (χ4n) is 2.76. The average molecular weight is 230 g/mol. The SMILES string of the molecule is COC(=O)C1C2OC3C(OC(=O)C31)C2S. The van der Waals surface area contributed by atoms with Crippen molar-refractivity contribution in [3.05, 3.63) is 0 Å². The Kier molecular flexibility index (Phi) is 1.82. The van der Waals surface area contributed by atoms with Gasteiger partial charge in [-0.05, 0) is 0 Å². The highest BCUT2D eigenvalue weighted by atomic mass is 32.1. The van der Waals surface area contributed by atoms with Crippen LogP contribution in [0.2, 0.25) is 0 Å². The molecule has 0 spiro atoms. The summed E-state index contributed by atoms with van der Waals surface area (Å²) < 4.78 is 15.4. The normalized spacial score (nSPS) is 50.7. The number of carbonyl (C=O) groups excluding carboxylic acids is 2. The Morgan fingerprint density at radius 1 is 1.40 bits per heavy atom. The minimum atomic E-state index is -0.547. The van der Waals surface area contributed by atoms with E-state index < -0.39 is 17.8 Å². The first-order valence-corrected chi connectivity index (χ1v) is 5.28. The molecule has 6 unspecified atom stereocenters. The summed E-state index contributed by atoms with van der Waals surface area (Å²) in [4.78, 5) is 23.1. The summed E-state index contributed by atoms with van der Waals surface area (Å²) in [5.74, 6) is -1.81. The molecule has 5 nitrogen and oxygen atoms in total. The van der Waals surface area contributed by atoms with Crippen molar-refractivity contribution in [2.45, 2.75) is 23.6 Å². The van der Waals surface area contributed by atoms with Gasteiger partial charge >= 0.3 is 11.9 Å². The molecule has 3 heterocycles. The molecule has 0 aromatic carbocycles. The fraction of sp³-hybridized carbons (Fsp3) is 0.778. The largest absolute Gasteiger partial charge is 0.469 e. The molecule has 3 saturated heterocycles. The van der Waals surface area contributed by atoms with E-state index in [1.165, 1.54) is 7.11 Å². The third-order valence-corrected chi connectivity index (χ3v) is 3.99. The molecule has 82 valence electrons. The zero-order chi connectivity index (χ0) is 10.7. The van der Waals surface area contributed by atoms with Crippen molar-refractivity contribution in [1.29, 1.82) is 0 Å². The molecule has 6 heteroatoms. The molecule has 0 radical (unpaired) electrons. The number of hydrogen-bond acceptors (Lipinski definition) is 6. The molecule has 3 fully saturated rings. The van der Waals surface area contributed by atoms with Crippen molar-refractivity contribution in [3.8, 4) is 0 Å². The molecule has 0 aromatic heterocycles. The summed E-state index contributed by atoms with van der Waals surface area (Å²) in [6.45, 7) is 0. The van der Waals surface area contributed by atoms with Crippen molar-refractivity contribution in [1.82, 2.24) is 0 Å². The van der Waals surface area contributed by atoms with Gasteiger partial charge in [0.1, 0.15) is 24.0 Å². The number of carbonyl (C=O) groups is 2. The topological polar surface area (TPSA) is 61.8 Å². The summed E-state index contributed by atoms with van der Waals surface area (Å²) in [7, 11) is 1.31. The first-order valence-electron chi connectivity index (χ1n) is 4.77. The van der Waals surface area contributed by atoms with Crippen LogP contribution in [0.3, 0.4) is 0 Å². The number of thiol groups is 1. The maximum absolute atomic E-state index is 11.5. The number of methoxy groups -OCH3 is 1. The van der Waals surface area contributed by atoms with E-state index in [0.29, 0.717) is 0 Å². The summed E-state index contributed by atoms with van der Waals surface area (Å²) in [6, 6.07) is 0. The summed E-state index contributed by atoms with van der Waals surface area (Å²) >= 11 is 4.32. The van der Waals surface area contributed by atoms with Gasteiger partial charge in [0.15, 0.2) is 0 Å². The molecule has 0 saturated carbocycles. The Morgan fingerprint density at radius 3 is 2.80 bits per heavy atom. The highest BCUT2D eigenvalue weighted by Crippen LogP contribution is 2.51. The lowest BCUT2D eigenvalue weighted by atomic mass is 9.80. The Hall–Kier alpha value is -0.750. The predicted octanol–water partition coefficient (Wildman–Crippen LogP) is -0.603. The Balaban J connectivity index is 1.98. The van der Waals surface area contributed by atoms with Crippen molar-refractivity contribution < 1.29 is 23.8 Å². The van der Waals surface area contributed by atoms with E-state index in [1.807, 2.05) is 0 Å². The van der Waals surface area contributed by atoms with Gasteiger partial charge in [0.2, 0.25) is 0 Å². The molecule has 0 N–H and O–H groups in total. The number of fused-ring (bicyclic) bond motifs is 1. The van der Waals surface area contributed by atoms with Gasteiger partial charge in [-0.3, -0.25) is 9.59 Å². The second kappa shape index (κ2) is 2.89. The van der Waals surface area contributed by atoms with Gasteiger partial charge < -0.3 is 14.2 Å². The molecule has 0 aliphatic carbocycles. The molecule has 3 rings (SSSR count). The first-order chi connectivity index (χ1) is 7.15. The van der Waals surface area contributed by atoms with E-state index in [1.54, 1.807) is 0 Å². The molecule has 0 aromatic rings. The van der Waals surface area contributed by atoms with Crippen molar-refractivity contribution in [2.75, 3.05) is 7.11 Å². The quantitative estimate of drug-likeness (QED) is 0.481. The van der Waals surface area contributed by atoms with Crippen LogP contribution < -0.4 is 0 Å². The van der Waals surface area contributed by atoms with Gasteiger partial charge in [0.25, 0.3) is 0 Å². The lowest BCUT2D eigenvalue weighted by molar-refractivity contribution is -0.153. The van der Waals surface area contributed by atoms with Gasteiger partial charge in [-0.15, -0.1) is 0 Å². The molecule has 0 amide bonds. The van der Waals surface area contributed by atoms with Gasteiger partial charge in [0, 0.05) is 0 Å². The van der Waals surface area contributed by atoms with Crippen molar-refractivity contribution in [2.24, 2.45) is 11.8 Å². The van der Waals surface area contributed by atoms with Crippen molar-refractivity contribution >= 4 is 24.6 Å². The molecular formula is C9H10O5S. The van der Waals surface area contributed by atoms with E-state index in [4.69, 9.17) is 9.47 Å². The van der Waals surface area contributed by atoms with Crippen molar-refractivity contribution in [3.63, 3.8) is 0 Å². The Morgan fingerprint density at radius 2 is 2.13 bits per heavy atom. The molecule has 2 bridgehead atoms. The van der Waals surface area contributed by atoms with Gasteiger partial charge in [-0.2, -0.15) is 12.6 Å². The van der Waals surface area contributed by atoms with E-state index in [9.17, 15) is 9.59 Å². The Bertz CT molecular complexity index is 343. The third-order valence-electron chi connectivity index (χ3n) is 3.40. The third kappa shape index (κ3) is 0.986. The van der Waals surface area contributed by atoms with Gasteiger partial charge in [-0.25, -0.2) is 0 Å². The summed E-state index contributed by atoms with van der Waals surface area (Å²) in [5, 5.41) is -0.221. The second-order valence-corrected chi connectivity index (χ2v) is 4.63. The number of ether oxygens (including phenoxy) is 3. The molecule has 3 aliphatic rings. The van der Waals surface area contributed by atoms with Crippen LogP contribution in [0.1, 0.15) is 0 Å². The van der Waals surface area contributed by atoms with E-state index >= 15 is 0 Å². The van der Waals surface area contributed by atoms with E-state index in [-0.39, 0.29) is 29.5 Å². The number of hydrogen-bond donors (Lipinski definition) is 1. The molecule has 6 atom stereocenters.